The number of hydrogen-bond acceptors (Lipinski definition) is 8. The van der Waals surface area contributed by atoms with Crippen molar-refractivity contribution in [3.05, 3.63) is 46.0 Å². The van der Waals surface area contributed by atoms with Crippen molar-refractivity contribution in [1.82, 2.24) is 14.8 Å². The second kappa shape index (κ2) is 9.57. The molecule has 1 aliphatic carbocycles. The van der Waals surface area contributed by atoms with Crippen LogP contribution < -0.4 is 16.8 Å². The molecule has 3 aromatic rings. The zero-order chi connectivity index (χ0) is 22.7. The lowest BCUT2D eigenvalue weighted by Crippen LogP contribution is -2.19. The van der Waals surface area contributed by atoms with Gasteiger partial charge in [0.05, 0.1) is 24.1 Å². The molecule has 3 aromatic heterocycles. The van der Waals surface area contributed by atoms with Crippen molar-refractivity contribution in [1.29, 1.82) is 0 Å². The maximum absolute atomic E-state index is 12.6. The van der Waals surface area contributed by atoms with Crippen molar-refractivity contribution in [2.24, 2.45) is 11.5 Å². The van der Waals surface area contributed by atoms with Crippen molar-refractivity contribution >= 4 is 45.8 Å². The number of nitrogens with one attached hydrogen (secondary N) is 1. The Morgan fingerprint density at radius 1 is 1.25 bits per heavy atom. The number of aryl methyl sites for hydroxylation is 2. The Morgan fingerprint density at radius 3 is 2.81 bits per heavy atom. The number of amides is 3. The third kappa shape index (κ3) is 4.86. The number of carbonyl (C=O) groups is 3. The van der Waals surface area contributed by atoms with E-state index >= 15 is 0 Å². The second-order valence-electron chi connectivity index (χ2n) is 7.29. The number of nitrogens with zero attached hydrogens (tertiary/aromatic N) is 3. The van der Waals surface area contributed by atoms with Gasteiger partial charge in [-0.05, 0) is 37.0 Å². The summed E-state index contributed by atoms with van der Waals surface area (Å²) in [5.74, 6) is 0.101. The zero-order valence-electron chi connectivity index (χ0n) is 17.1. The van der Waals surface area contributed by atoms with Gasteiger partial charge in [0.1, 0.15) is 16.6 Å². The third-order valence-electron chi connectivity index (χ3n) is 5.04. The summed E-state index contributed by atoms with van der Waals surface area (Å²) in [6.07, 6.45) is 4.74. The highest BCUT2D eigenvalue weighted by atomic mass is 32.2. The highest BCUT2D eigenvalue weighted by Crippen LogP contribution is 2.38. The van der Waals surface area contributed by atoms with Gasteiger partial charge in [-0.1, -0.05) is 11.8 Å². The lowest BCUT2D eigenvalue weighted by molar-refractivity contribution is -0.118. The van der Waals surface area contributed by atoms with Crippen molar-refractivity contribution in [3.8, 4) is 0 Å². The van der Waals surface area contributed by atoms with Crippen molar-refractivity contribution < 1.29 is 18.8 Å². The fraction of sp³-hybridized carbons (Fsp3) is 0.350. The summed E-state index contributed by atoms with van der Waals surface area (Å²) < 4.78 is 7.21. The van der Waals surface area contributed by atoms with Crippen molar-refractivity contribution in [2.75, 3.05) is 11.1 Å². The lowest BCUT2D eigenvalue weighted by Gasteiger charge is -2.09. The Morgan fingerprint density at radius 2 is 2.09 bits per heavy atom. The van der Waals surface area contributed by atoms with Gasteiger partial charge >= 0.3 is 0 Å². The number of thioether (sulfide) groups is 1. The quantitative estimate of drug-likeness (QED) is 0.377. The van der Waals surface area contributed by atoms with Crippen LogP contribution in [0.15, 0.2) is 28.0 Å². The summed E-state index contributed by atoms with van der Waals surface area (Å²) in [7, 11) is 0. The molecule has 0 spiro atoms. The van der Waals surface area contributed by atoms with E-state index in [0.717, 1.165) is 29.7 Å². The zero-order valence-corrected chi connectivity index (χ0v) is 18.8. The molecule has 3 amide bonds. The van der Waals surface area contributed by atoms with E-state index in [1.54, 1.807) is 16.9 Å². The Hall–Kier alpha value is -3.12. The first kappa shape index (κ1) is 22.1. The van der Waals surface area contributed by atoms with Crippen LogP contribution in [0.2, 0.25) is 0 Å². The molecule has 0 fully saturated rings. The van der Waals surface area contributed by atoms with Crippen LogP contribution in [0.25, 0.3) is 0 Å². The van der Waals surface area contributed by atoms with Gasteiger partial charge < -0.3 is 21.2 Å². The van der Waals surface area contributed by atoms with Gasteiger partial charge in [0.2, 0.25) is 11.8 Å². The van der Waals surface area contributed by atoms with Crippen LogP contribution in [-0.2, 0) is 35.4 Å². The Labute approximate surface area is 191 Å². The number of fused-ring (bicyclic) bond motifs is 1. The Kier molecular flexibility index (Phi) is 6.61. The first-order valence-electron chi connectivity index (χ1n) is 10.0. The molecule has 0 saturated heterocycles. The average Bonchev–Trinajstić information content (AvgIpc) is 3.50. The average molecular weight is 475 g/mol. The van der Waals surface area contributed by atoms with E-state index in [2.05, 4.69) is 15.5 Å². The van der Waals surface area contributed by atoms with Crippen LogP contribution in [0, 0.1) is 0 Å². The molecular weight excluding hydrogens is 452 g/mol. The molecule has 0 radical (unpaired) electrons. The Balaban J connectivity index is 1.46. The fourth-order valence-electron chi connectivity index (χ4n) is 3.61. The minimum Gasteiger partial charge on any atom is -0.467 e. The molecule has 0 atom stereocenters. The monoisotopic (exact) mass is 474 g/mol. The van der Waals surface area contributed by atoms with Gasteiger partial charge in [-0.2, -0.15) is 0 Å². The molecule has 5 N–H and O–H groups in total. The van der Waals surface area contributed by atoms with Crippen LogP contribution in [-0.4, -0.2) is 38.2 Å². The number of primary amides is 2. The molecule has 3 heterocycles. The second-order valence-corrected chi connectivity index (χ2v) is 9.34. The highest BCUT2D eigenvalue weighted by Gasteiger charge is 2.26. The van der Waals surface area contributed by atoms with Crippen LogP contribution in [0.3, 0.4) is 0 Å². The largest absolute Gasteiger partial charge is 0.467 e. The topological polar surface area (TPSA) is 159 Å². The molecule has 0 aromatic carbocycles. The SMILES string of the molecule is NC(=O)CCc1nnc(SCC(=O)Nc2sc3c(c2C(N)=O)CCC3)n1Cc1ccco1. The Bertz CT molecular complexity index is 1150. The van der Waals surface area contributed by atoms with Crippen molar-refractivity contribution in [3.63, 3.8) is 0 Å². The lowest BCUT2D eigenvalue weighted by atomic mass is 10.1. The first-order valence-corrected chi connectivity index (χ1v) is 11.8. The van der Waals surface area contributed by atoms with E-state index in [4.69, 9.17) is 15.9 Å². The normalized spacial score (nSPS) is 12.6. The van der Waals surface area contributed by atoms with Gasteiger partial charge in [-0.3, -0.25) is 19.0 Å². The number of carbonyl (C=O) groups excluding carboxylic acids is 3. The molecule has 0 aliphatic heterocycles. The molecular formula is C20H22N6O4S2. The predicted molar refractivity (Wildman–Crippen MR) is 120 cm³/mol. The molecule has 10 nitrogen and oxygen atoms in total. The van der Waals surface area contributed by atoms with Gasteiger partial charge in [-0.15, -0.1) is 21.5 Å². The molecule has 12 heteroatoms. The van der Waals surface area contributed by atoms with Crippen LogP contribution in [0.1, 0.15) is 45.2 Å². The molecule has 168 valence electrons. The highest BCUT2D eigenvalue weighted by molar-refractivity contribution is 7.99. The predicted octanol–water partition coefficient (Wildman–Crippen LogP) is 1.72. The first-order chi connectivity index (χ1) is 15.4. The molecule has 32 heavy (non-hydrogen) atoms. The fourth-order valence-corrected chi connectivity index (χ4v) is 5.68. The van der Waals surface area contributed by atoms with E-state index in [1.165, 1.54) is 23.1 Å². The molecule has 1 aliphatic rings. The summed E-state index contributed by atoms with van der Waals surface area (Å²) >= 11 is 2.62. The molecule has 4 rings (SSSR count). The number of aromatic nitrogens is 3. The van der Waals surface area contributed by atoms with Gasteiger partial charge in [0.25, 0.3) is 5.91 Å². The van der Waals surface area contributed by atoms with Gasteiger partial charge in [0, 0.05) is 17.7 Å². The van der Waals surface area contributed by atoms with E-state index in [9.17, 15) is 14.4 Å². The number of anilines is 1. The molecule has 0 unspecified atom stereocenters. The molecule has 0 bridgehead atoms. The third-order valence-corrected chi connectivity index (χ3v) is 7.21. The summed E-state index contributed by atoms with van der Waals surface area (Å²) in [4.78, 5) is 36.8. The van der Waals surface area contributed by atoms with E-state index < -0.39 is 11.8 Å². The summed E-state index contributed by atoms with van der Waals surface area (Å²) in [6, 6.07) is 3.60. The maximum atomic E-state index is 12.6. The summed E-state index contributed by atoms with van der Waals surface area (Å²) in [6.45, 7) is 0.363. The summed E-state index contributed by atoms with van der Waals surface area (Å²) in [5, 5.41) is 12.2. The smallest absolute Gasteiger partial charge is 0.251 e. The number of furan rings is 1. The van der Waals surface area contributed by atoms with E-state index in [0.29, 0.717) is 40.3 Å². The van der Waals surface area contributed by atoms with Gasteiger partial charge in [-0.25, -0.2) is 0 Å². The minimum absolute atomic E-state index is 0.0624. The summed E-state index contributed by atoms with van der Waals surface area (Å²) in [5.41, 5.74) is 12.2. The van der Waals surface area contributed by atoms with Crippen LogP contribution in [0.4, 0.5) is 5.00 Å². The number of nitrogens with two attached hydrogens (primary N) is 2. The van der Waals surface area contributed by atoms with Crippen LogP contribution >= 0.6 is 23.1 Å². The van der Waals surface area contributed by atoms with E-state index in [1.807, 2.05) is 6.07 Å². The standard InChI is InChI=1S/C20H22N6O4S2/c21-14(27)6-7-15-24-25-20(26(15)9-11-3-2-8-30-11)31-10-16(28)23-19-17(18(22)29)12-4-1-5-13(12)32-19/h2-3,8H,1,4-7,9-10H2,(H2,21,27)(H2,22,29)(H,23,28). The molecule has 0 saturated carbocycles. The van der Waals surface area contributed by atoms with Crippen LogP contribution in [0.5, 0.6) is 0 Å². The number of thiophene rings is 1. The number of hydrogen-bond donors (Lipinski definition) is 3. The number of rotatable bonds is 10. The van der Waals surface area contributed by atoms with E-state index in [-0.39, 0.29) is 18.1 Å². The minimum atomic E-state index is -0.523. The maximum Gasteiger partial charge on any atom is 0.251 e. The van der Waals surface area contributed by atoms with Gasteiger partial charge in [0.15, 0.2) is 5.16 Å². The van der Waals surface area contributed by atoms with Crippen molar-refractivity contribution in [2.45, 2.75) is 43.8 Å².